The van der Waals surface area contributed by atoms with Crippen molar-refractivity contribution in [1.29, 1.82) is 0 Å². The molecule has 0 aliphatic heterocycles. The van der Waals surface area contributed by atoms with Gasteiger partial charge in [0.05, 0.1) is 18.0 Å². The molecule has 0 unspecified atom stereocenters. The Morgan fingerprint density at radius 3 is 2.33 bits per heavy atom. The van der Waals surface area contributed by atoms with Crippen molar-refractivity contribution in [2.24, 2.45) is 0 Å². The first-order valence-electron chi connectivity index (χ1n) is 9.43. The first-order valence-corrected chi connectivity index (χ1v) is 11.2. The largest absolute Gasteiger partial charge is 0.383 e. The smallest absolute Gasteiger partial charge is 0.264 e. The van der Waals surface area contributed by atoms with Gasteiger partial charge in [-0.05, 0) is 40.6 Å². The van der Waals surface area contributed by atoms with Crippen LogP contribution in [0.5, 0.6) is 0 Å². The summed E-state index contributed by atoms with van der Waals surface area (Å²) >= 11 is 2.91. The summed E-state index contributed by atoms with van der Waals surface area (Å²) in [6, 6.07) is 13.6. The minimum absolute atomic E-state index is 0.0489. The highest BCUT2D eigenvalue weighted by Gasteiger charge is 2.23. The van der Waals surface area contributed by atoms with Gasteiger partial charge in [0.15, 0.2) is 0 Å². The van der Waals surface area contributed by atoms with E-state index in [1.165, 1.54) is 28.4 Å². The van der Waals surface area contributed by atoms with Crippen molar-refractivity contribution < 1.29 is 18.7 Å². The van der Waals surface area contributed by atoms with Crippen molar-refractivity contribution >= 4 is 34.5 Å². The molecular weight excluding hydrogens is 423 g/mol. The van der Waals surface area contributed by atoms with Gasteiger partial charge in [0.25, 0.3) is 5.91 Å². The maximum Gasteiger partial charge on any atom is 0.264 e. The van der Waals surface area contributed by atoms with E-state index in [9.17, 15) is 14.0 Å². The molecule has 2 aromatic heterocycles. The number of nitrogens with zero attached hydrogens (tertiary/aromatic N) is 2. The number of halogens is 1. The zero-order chi connectivity index (χ0) is 21.3. The summed E-state index contributed by atoms with van der Waals surface area (Å²) < 4.78 is 18.4. The third-order valence-corrected chi connectivity index (χ3v) is 6.20. The van der Waals surface area contributed by atoms with E-state index in [-0.39, 0.29) is 24.2 Å². The summed E-state index contributed by atoms with van der Waals surface area (Å²) in [4.78, 5) is 30.9. The molecule has 0 N–H and O–H groups in total. The van der Waals surface area contributed by atoms with E-state index in [4.69, 9.17) is 4.74 Å². The van der Waals surface area contributed by atoms with Gasteiger partial charge in [-0.25, -0.2) is 4.39 Å². The van der Waals surface area contributed by atoms with Gasteiger partial charge in [0.2, 0.25) is 5.91 Å². The highest BCUT2D eigenvalue weighted by Crippen LogP contribution is 2.17. The highest BCUT2D eigenvalue weighted by molar-refractivity contribution is 7.12. The number of methoxy groups -OCH3 is 1. The number of ether oxygens (including phenoxy) is 1. The Balaban J connectivity index is 1.76. The minimum Gasteiger partial charge on any atom is -0.383 e. The molecule has 1 aromatic carbocycles. The molecule has 0 aliphatic carbocycles. The van der Waals surface area contributed by atoms with Crippen LogP contribution in [0, 0.1) is 5.82 Å². The summed E-state index contributed by atoms with van der Waals surface area (Å²) in [7, 11) is 1.56. The van der Waals surface area contributed by atoms with Gasteiger partial charge in [-0.15, -0.1) is 22.7 Å². The summed E-state index contributed by atoms with van der Waals surface area (Å²) in [5.41, 5.74) is 0.828. The Labute approximate surface area is 183 Å². The van der Waals surface area contributed by atoms with Crippen LogP contribution in [0.15, 0.2) is 59.3 Å². The third-order valence-electron chi connectivity index (χ3n) is 4.48. The molecule has 0 fully saturated rings. The van der Waals surface area contributed by atoms with Crippen LogP contribution in [-0.2, 0) is 22.6 Å². The zero-order valence-electron chi connectivity index (χ0n) is 16.6. The third kappa shape index (κ3) is 6.22. The van der Waals surface area contributed by atoms with E-state index in [2.05, 4.69) is 0 Å². The minimum atomic E-state index is -0.317. The van der Waals surface area contributed by atoms with Crippen molar-refractivity contribution in [3.8, 4) is 0 Å². The summed E-state index contributed by atoms with van der Waals surface area (Å²) in [5, 5.41) is 3.79. The standard InChI is InChI=1S/C22H23FN2O3S2/c1-28-11-10-24(22(27)20-5-3-13-30-20)16-21(26)25(15-19-4-2-12-29-19)14-17-6-8-18(23)9-7-17/h2-9,12-13H,10-11,14-16H2,1H3. The summed E-state index contributed by atoms with van der Waals surface area (Å²) in [6.07, 6.45) is 0. The van der Waals surface area contributed by atoms with Gasteiger partial charge < -0.3 is 14.5 Å². The quantitative estimate of drug-likeness (QED) is 0.467. The van der Waals surface area contributed by atoms with Gasteiger partial charge in [-0.1, -0.05) is 24.3 Å². The van der Waals surface area contributed by atoms with Crippen LogP contribution in [0.4, 0.5) is 4.39 Å². The Hall–Kier alpha value is -2.55. The van der Waals surface area contributed by atoms with Crippen LogP contribution in [0.3, 0.4) is 0 Å². The van der Waals surface area contributed by atoms with Crippen molar-refractivity contribution in [2.45, 2.75) is 13.1 Å². The number of benzene rings is 1. The molecule has 0 spiro atoms. The second kappa shape index (κ2) is 11.0. The molecule has 0 bridgehead atoms. The Morgan fingerprint density at radius 1 is 0.967 bits per heavy atom. The molecule has 0 aliphatic rings. The van der Waals surface area contributed by atoms with E-state index < -0.39 is 0 Å². The molecule has 2 heterocycles. The number of carbonyl (C=O) groups excluding carboxylic acids is 2. The molecule has 3 aromatic rings. The number of amides is 2. The van der Waals surface area contributed by atoms with E-state index in [1.54, 1.807) is 41.5 Å². The normalized spacial score (nSPS) is 10.7. The summed E-state index contributed by atoms with van der Waals surface area (Å²) in [5.74, 6) is -0.677. The molecule has 3 rings (SSSR count). The predicted molar refractivity (Wildman–Crippen MR) is 117 cm³/mol. The maximum absolute atomic E-state index is 13.3. The first kappa shape index (κ1) is 22.1. The second-order valence-electron chi connectivity index (χ2n) is 6.65. The number of hydrogen-bond acceptors (Lipinski definition) is 5. The van der Waals surface area contributed by atoms with Crippen LogP contribution in [0.25, 0.3) is 0 Å². The first-order chi connectivity index (χ1) is 14.6. The average molecular weight is 447 g/mol. The lowest BCUT2D eigenvalue weighted by atomic mass is 10.2. The highest BCUT2D eigenvalue weighted by atomic mass is 32.1. The molecule has 8 heteroatoms. The number of hydrogen-bond donors (Lipinski definition) is 0. The maximum atomic E-state index is 13.3. The van der Waals surface area contributed by atoms with E-state index >= 15 is 0 Å². The molecule has 158 valence electrons. The van der Waals surface area contributed by atoms with Gasteiger partial charge in [-0.3, -0.25) is 9.59 Å². The lowest BCUT2D eigenvalue weighted by Crippen LogP contribution is -2.43. The monoisotopic (exact) mass is 446 g/mol. The van der Waals surface area contributed by atoms with E-state index in [0.29, 0.717) is 31.1 Å². The molecule has 30 heavy (non-hydrogen) atoms. The van der Waals surface area contributed by atoms with Crippen molar-refractivity contribution in [1.82, 2.24) is 9.80 Å². The zero-order valence-corrected chi connectivity index (χ0v) is 18.3. The predicted octanol–water partition coefficient (Wildman–Crippen LogP) is 4.27. The van der Waals surface area contributed by atoms with E-state index in [0.717, 1.165) is 10.4 Å². The Morgan fingerprint density at radius 2 is 1.70 bits per heavy atom. The van der Waals surface area contributed by atoms with Gasteiger partial charge in [0.1, 0.15) is 12.4 Å². The van der Waals surface area contributed by atoms with Crippen LogP contribution < -0.4 is 0 Å². The van der Waals surface area contributed by atoms with Gasteiger partial charge >= 0.3 is 0 Å². The van der Waals surface area contributed by atoms with Crippen molar-refractivity contribution in [2.75, 3.05) is 26.8 Å². The SMILES string of the molecule is COCCN(CC(=O)N(Cc1ccc(F)cc1)Cc1cccs1)C(=O)c1cccs1. The Bertz CT molecular complexity index is 928. The number of thiophene rings is 2. The van der Waals surface area contributed by atoms with Crippen LogP contribution in [-0.4, -0.2) is 48.4 Å². The topological polar surface area (TPSA) is 49.9 Å². The van der Waals surface area contributed by atoms with Crippen molar-refractivity contribution in [3.63, 3.8) is 0 Å². The molecule has 5 nitrogen and oxygen atoms in total. The van der Waals surface area contributed by atoms with Crippen molar-refractivity contribution in [3.05, 3.63) is 80.4 Å². The fourth-order valence-corrected chi connectivity index (χ4v) is 4.32. The molecule has 2 amide bonds. The fraction of sp³-hybridized carbons (Fsp3) is 0.273. The van der Waals surface area contributed by atoms with Crippen LogP contribution in [0.1, 0.15) is 20.1 Å². The molecule has 0 radical (unpaired) electrons. The van der Waals surface area contributed by atoms with Crippen LogP contribution in [0.2, 0.25) is 0 Å². The van der Waals surface area contributed by atoms with Crippen LogP contribution >= 0.6 is 22.7 Å². The molecule has 0 saturated heterocycles. The molecular formula is C22H23FN2O3S2. The fourth-order valence-electron chi connectivity index (χ4n) is 2.91. The van der Waals surface area contributed by atoms with E-state index in [1.807, 2.05) is 29.0 Å². The van der Waals surface area contributed by atoms with Gasteiger partial charge in [0, 0.05) is 25.1 Å². The van der Waals surface area contributed by atoms with Gasteiger partial charge in [-0.2, -0.15) is 0 Å². The number of rotatable bonds is 10. The second-order valence-corrected chi connectivity index (χ2v) is 8.63. The molecule has 0 atom stereocenters. The lowest BCUT2D eigenvalue weighted by molar-refractivity contribution is -0.133. The number of carbonyl (C=O) groups is 2. The molecule has 0 saturated carbocycles. The lowest BCUT2D eigenvalue weighted by Gasteiger charge is -2.27. The summed E-state index contributed by atoms with van der Waals surface area (Å²) in [6.45, 7) is 1.38. The Kier molecular flexibility index (Phi) is 8.12. The average Bonchev–Trinajstić information content (AvgIpc) is 3.46.